The van der Waals surface area contributed by atoms with E-state index in [4.69, 9.17) is 0 Å². The van der Waals surface area contributed by atoms with E-state index < -0.39 is 36.1 Å². The second kappa shape index (κ2) is 7.23. The van der Waals surface area contributed by atoms with E-state index in [-0.39, 0.29) is 17.6 Å². The molecule has 1 aromatic carbocycles. The van der Waals surface area contributed by atoms with Gasteiger partial charge >= 0.3 is 17.8 Å². The summed E-state index contributed by atoms with van der Waals surface area (Å²) in [6, 6.07) is 4.18. The third-order valence-electron chi connectivity index (χ3n) is 4.89. The van der Waals surface area contributed by atoms with Gasteiger partial charge in [0.15, 0.2) is 0 Å². The number of hydrogen-bond donors (Lipinski definition) is 1. The highest BCUT2D eigenvalue weighted by molar-refractivity contribution is 6.45. The number of carbonyl (C=O) groups is 4. The van der Waals surface area contributed by atoms with Crippen LogP contribution in [-0.2, 0) is 14.4 Å². The fourth-order valence-electron chi connectivity index (χ4n) is 3.54. The van der Waals surface area contributed by atoms with Crippen molar-refractivity contribution >= 4 is 29.4 Å². The highest BCUT2D eigenvalue weighted by Gasteiger charge is 2.49. The molecule has 1 aliphatic carbocycles. The molecule has 1 aromatic rings. The molecule has 3 rings (SSSR count). The minimum absolute atomic E-state index is 0.116. The fourth-order valence-corrected chi connectivity index (χ4v) is 3.54. The van der Waals surface area contributed by atoms with Crippen LogP contribution in [0.4, 0.5) is 14.9 Å². The average Bonchev–Trinajstić information content (AvgIpc) is 2.79. The van der Waals surface area contributed by atoms with Crippen LogP contribution in [0.5, 0.6) is 0 Å². The first-order valence-electron chi connectivity index (χ1n) is 8.63. The summed E-state index contributed by atoms with van der Waals surface area (Å²) in [7, 11) is 0. The fraction of sp³-hybridized carbons (Fsp3) is 0.444. The van der Waals surface area contributed by atoms with Crippen LogP contribution in [0.3, 0.4) is 0 Å². The smallest absolute Gasteiger partial charge is 0.324 e. The number of carbonyl (C=O) groups excluding carboxylic acids is 4. The Kier molecular flexibility index (Phi) is 5.01. The van der Waals surface area contributed by atoms with Crippen LogP contribution in [0.2, 0.25) is 0 Å². The van der Waals surface area contributed by atoms with E-state index in [1.165, 1.54) is 18.2 Å². The molecule has 5 amide bonds. The molecule has 1 N–H and O–H groups in total. The zero-order chi connectivity index (χ0) is 18.8. The summed E-state index contributed by atoms with van der Waals surface area (Å²) >= 11 is 0. The first-order valence-corrected chi connectivity index (χ1v) is 8.63. The molecule has 1 saturated carbocycles. The molecular formula is C18H20FN3O4. The Morgan fingerprint density at radius 2 is 1.92 bits per heavy atom. The van der Waals surface area contributed by atoms with Gasteiger partial charge in [0.1, 0.15) is 12.4 Å². The molecule has 0 aromatic heterocycles. The number of amides is 5. The molecule has 8 heteroatoms. The standard InChI is InChI=1S/C18H20FN3O4/c1-11-5-2-3-8-14(11)22-17(25)16(24)21(18(22)26)10-15(23)20-13-7-4-6-12(19)9-13/h4,6-7,9,11,14H,2-3,5,8,10H2,1H3,(H,20,23)/t11-,14+/m0/s1. The van der Waals surface area contributed by atoms with Gasteiger partial charge in [-0.05, 0) is 37.0 Å². The predicted octanol–water partition coefficient (Wildman–Crippen LogP) is 2.13. The largest absolute Gasteiger partial charge is 0.334 e. The average molecular weight is 361 g/mol. The lowest BCUT2D eigenvalue weighted by molar-refractivity contribution is -0.145. The Labute approximate surface area is 150 Å². The maximum absolute atomic E-state index is 13.2. The number of nitrogens with zero attached hydrogens (tertiary/aromatic N) is 2. The Morgan fingerprint density at radius 3 is 2.62 bits per heavy atom. The van der Waals surface area contributed by atoms with E-state index >= 15 is 0 Å². The molecule has 0 bridgehead atoms. The van der Waals surface area contributed by atoms with E-state index in [1.807, 2.05) is 6.92 Å². The van der Waals surface area contributed by atoms with Gasteiger partial charge in [0, 0.05) is 11.7 Å². The third-order valence-corrected chi connectivity index (χ3v) is 4.89. The van der Waals surface area contributed by atoms with Crippen molar-refractivity contribution in [2.75, 3.05) is 11.9 Å². The third kappa shape index (κ3) is 3.44. The molecule has 1 heterocycles. The van der Waals surface area contributed by atoms with Gasteiger partial charge in [0.25, 0.3) is 0 Å². The monoisotopic (exact) mass is 361 g/mol. The van der Waals surface area contributed by atoms with Crippen molar-refractivity contribution in [1.29, 1.82) is 0 Å². The lowest BCUT2D eigenvalue weighted by atomic mass is 9.85. The first kappa shape index (κ1) is 18.0. The van der Waals surface area contributed by atoms with Gasteiger partial charge in [-0.2, -0.15) is 0 Å². The van der Waals surface area contributed by atoms with Gasteiger partial charge in [-0.1, -0.05) is 25.8 Å². The number of anilines is 1. The van der Waals surface area contributed by atoms with Crippen molar-refractivity contribution < 1.29 is 23.6 Å². The van der Waals surface area contributed by atoms with E-state index in [0.717, 1.165) is 30.2 Å². The quantitative estimate of drug-likeness (QED) is 0.657. The maximum Gasteiger partial charge on any atom is 0.334 e. The Morgan fingerprint density at radius 1 is 1.19 bits per heavy atom. The normalized spacial score (nSPS) is 23.5. The molecule has 2 aliphatic rings. The van der Waals surface area contributed by atoms with Gasteiger partial charge in [-0.15, -0.1) is 0 Å². The van der Waals surface area contributed by atoms with Gasteiger partial charge < -0.3 is 5.32 Å². The molecule has 0 spiro atoms. The molecule has 7 nitrogen and oxygen atoms in total. The van der Waals surface area contributed by atoms with Gasteiger partial charge in [0.2, 0.25) is 5.91 Å². The number of nitrogens with one attached hydrogen (secondary N) is 1. The Bertz CT molecular complexity index is 767. The molecule has 1 saturated heterocycles. The second-order valence-electron chi connectivity index (χ2n) is 6.74. The molecule has 2 atom stereocenters. The maximum atomic E-state index is 13.2. The summed E-state index contributed by atoms with van der Waals surface area (Å²) in [5.74, 6) is -2.97. The van der Waals surface area contributed by atoms with Crippen LogP contribution in [0.15, 0.2) is 24.3 Å². The SMILES string of the molecule is C[C@H]1CCCC[C@H]1N1C(=O)C(=O)N(CC(=O)Nc2cccc(F)c2)C1=O. The van der Waals surface area contributed by atoms with Crippen molar-refractivity contribution in [3.05, 3.63) is 30.1 Å². The second-order valence-corrected chi connectivity index (χ2v) is 6.74. The predicted molar refractivity (Wildman–Crippen MR) is 90.4 cm³/mol. The van der Waals surface area contributed by atoms with Crippen molar-refractivity contribution in [2.45, 2.75) is 38.6 Å². The molecule has 2 fully saturated rings. The number of hydrogen-bond acceptors (Lipinski definition) is 4. The van der Waals surface area contributed by atoms with Crippen molar-refractivity contribution in [3.8, 4) is 0 Å². The summed E-state index contributed by atoms with van der Waals surface area (Å²) in [6.07, 6.45) is 3.47. The number of benzene rings is 1. The van der Waals surface area contributed by atoms with Crippen molar-refractivity contribution in [2.24, 2.45) is 5.92 Å². The van der Waals surface area contributed by atoms with Crippen molar-refractivity contribution in [3.63, 3.8) is 0 Å². The van der Waals surface area contributed by atoms with Crippen LogP contribution < -0.4 is 5.32 Å². The number of imide groups is 2. The summed E-state index contributed by atoms with van der Waals surface area (Å²) in [4.78, 5) is 50.8. The molecule has 26 heavy (non-hydrogen) atoms. The van der Waals surface area contributed by atoms with E-state index in [2.05, 4.69) is 5.32 Å². The summed E-state index contributed by atoms with van der Waals surface area (Å²) in [5, 5.41) is 2.41. The molecule has 0 radical (unpaired) electrons. The molecular weight excluding hydrogens is 341 g/mol. The summed E-state index contributed by atoms with van der Waals surface area (Å²) in [6.45, 7) is 1.37. The van der Waals surface area contributed by atoms with Crippen LogP contribution in [0, 0.1) is 11.7 Å². The number of halogens is 1. The Balaban J connectivity index is 1.70. The van der Waals surface area contributed by atoms with E-state index in [9.17, 15) is 23.6 Å². The van der Waals surface area contributed by atoms with Crippen LogP contribution in [-0.4, -0.2) is 46.1 Å². The first-order chi connectivity index (χ1) is 12.4. The lowest BCUT2D eigenvalue weighted by Crippen LogP contribution is -2.46. The van der Waals surface area contributed by atoms with Crippen LogP contribution in [0.1, 0.15) is 32.6 Å². The highest BCUT2D eigenvalue weighted by Crippen LogP contribution is 2.31. The van der Waals surface area contributed by atoms with Gasteiger partial charge in [0.05, 0.1) is 0 Å². The van der Waals surface area contributed by atoms with E-state index in [0.29, 0.717) is 11.3 Å². The van der Waals surface area contributed by atoms with Gasteiger partial charge in [-0.3, -0.25) is 19.3 Å². The highest BCUT2D eigenvalue weighted by atomic mass is 19.1. The summed E-state index contributed by atoms with van der Waals surface area (Å²) < 4.78 is 13.2. The van der Waals surface area contributed by atoms with Crippen molar-refractivity contribution in [1.82, 2.24) is 9.80 Å². The molecule has 138 valence electrons. The molecule has 1 aliphatic heterocycles. The summed E-state index contributed by atoms with van der Waals surface area (Å²) in [5.41, 5.74) is 0.207. The Hall–Kier alpha value is -2.77. The molecule has 0 unspecified atom stereocenters. The van der Waals surface area contributed by atoms with Gasteiger partial charge in [-0.25, -0.2) is 14.1 Å². The minimum Gasteiger partial charge on any atom is -0.324 e. The number of urea groups is 1. The zero-order valence-corrected chi connectivity index (χ0v) is 14.4. The van der Waals surface area contributed by atoms with E-state index in [1.54, 1.807) is 0 Å². The lowest BCUT2D eigenvalue weighted by Gasteiger charge is -2.34. The zero-order valence-electron chi connectivity index (χ0n) is 14.4. The van der Waals surface area contributed by atoms with Crippen LogP contribution in [0.25, 0.3) is 0 Å². The van der Waals surface area contributed by atoms with Crippen LogP contribution >= 0.6 is 0 Å². The topological polar surface area (TPSA) is 86.8 Å². The minimum atomic E-state index is -0.998. The number of rotatable bonds is 4.